The lowest BCUT2D eigenvalue weighted by Crippen LogP contribution is -2.02. The van der Waals surface area contributed by atoms with Crippen molar-refractivity contribution in [3.8, 4) is 0 Å². The highest BCUT2D eigenvalue weighted by molar-refractivity contribution is 14.1. The minimum atomic E-state index is -0.456. The molecular weight excluding hydrogens is 383 g/mol. The van der Waals surface area contributed by atoms with Crippen LogP contribution in [0.25, 0.3) is 10.9 Å². The summed E-state index contributed by atoms with van der Waals surface area (Å²) in [6, 6.07) is 11.8. The third kappa shape index (κ3) is 2.42. The van der Waals surface area contributed by atoms with E-state index >= 15 is 0 Å². The van der Waals surface area contributed by atoms with E-state index in [0.29, 0.717) is 22.0 Å². The number of hydrogen-bond acceptors (Lipinski definition) is 3. The number of aromatic amines is 1. The van der Waals surface area contributed by atoms with Gasteiger partial charge in [0.05, 0.1) is 10.4 Å². The topological polar surface area (TPSA) is 76.0 Å². The van der Waals surface area contributed by atoms with Gasteiger partial charge in [0.15, 0.2) is 5.78 Å². The van der Waals surface area contributed by atoms with E-state index in [4.69, 9.17) is 0 Å². The van der Waals surface area contributed by atoms with Crippen LogP contribution in [0.4, 0.5) is 5.69 Å². The van der Waals surface area contributed by atoms with Crippen molar-refractivity contribution in [1.29, 1.82) is 0 Å². The van der Waals surface area contributed by atoms with Gasteiger partial charge in [0.1, 0.15) is 0 Å². The van der Waals surface area contributed by atoms with E-state index in [1.165, 1.54) is 12.1 Å². The fourth-order valence-corrected chi connectivity index (χ4v) is 2.84. The number of H-pyrrole nitrogens is 1. The van der Waals surface area contributed by atoms with E-state index in [1.54, 1.807) is 18.3 Å². The summed E-state index contributed by atoms with van der Waals surface area (Å²) in [7, 11) is 0. The lowest BCUT2D eigenvalue weighted by Gasteiger charge is -2.02. The highest BCUT2D eigenvalue weighted by atomic mass is 127. The maximum atomic E-state index is 12.6. The van der Waals surface area contributed by atoms with Crippen molar-refractivity contribution in [2.45, 2.75) is 0 Å². The van der Waals surface area contributed by atoms with Crippen LogP contribution in [0.3, 0.4) is 0 Å². The molecule has 0 amide bonds. The molecule has 1 N–H and O–H groups in total. The van der Waals surface area contributed by atoms with E-state index in [1.807, 2.05) is 18.2 Å². The summed E-state index contributed by atoms with van der Waals surface area (Å²) in [5.41, 5.74) is 1.72. The van der Waals surface area contributed by atoms with Crippen molar-refractivity contribution < 1.29 is 9.72 Å². The Morgan fingerprint density at radius 3 is 2.62 bits per heavy atom. The lowest BCUT2D eigenvalue weighted by molar-refractivity contribution is -0.384. The molecule has 6 heteroatoms. The van der Waals surface area contributed by atoms with Gasteiger partial charge in [0.2, 0.25) is 0 Å². The van der Waals surface area contributed by atoms with E-state index in [-0.39, 0.29) is 11.5 Å². The number of fused-ring (bicyclic) bond motifs is 1. The van der Waals surface area contributed by atoms with Crippen LogP contribution in [0.1, 0.15) is 15.9 Å². The van der Waals surface area contributed by atoms with Crippen LogP contribution in [0.2, 0.25) is 0 Å². The minimum Gasteiger partial charge on any atom is -0.360 e. The fraction of sp³-hybridized carbons (Fsp3) is 0. The number of nitro benzene ring substituents is 1. The predicted molar refractivity (Wildman–Crippen MR) is 87.5 cm³/mol. The van der Waals surface area contributed by atoms with Crippen molar-refractivity contribution in [2.24, 2.45) is 0 Å². The van der Waals surface area contributed by atoms with E-state index in [0.717, 1.165) is 3.57 Å². The van der Waals surface area contributed by atoms with Crippen LogP contribution < -0.4 is 0 Å². The molecule has 0 spiro atoms. The molecule has 0 bridgehead atoms. The first-order valence-electron chi connectivity index (χ1n) is 6.12. The standard InChI is InChI=1S/C15H9IN2O3/c16-13-4-2-1-3-11(13)15(19)12-8-17-14-7-9(18(20)21)5-6-10(12)14/h1-8,17H. The van der Waals surface area contributed by atoms with E-state index in [2.05, 4.69) is 27.6 Å². The summed E-state index contributed by atoms with van der Waals surface area (Å²) in [5.74, 6) is -0.0971. The Kier molecular flexibility index (Phi) is 3.46. The first kappa shape index (κ1) is 13.7. The summed E-state index contributed by atoms with van der Waals surface area (Å²) in [4.78, 5) is 25.8. The number of non-ortho nitro benzene ring substituents is 1. The van der Waals surface area contributed by atoms with Gasteiger partial charge in [-0.3, -0.25) is 14.9 Å². The van der Waals surface area contributed by atoms with Crippen molar-refractivity contribution in [2.75, 3.05) is 0 Å². The second kappa shape index (κ2) is 5.28. The molecule has 1 heterocycles. The number of carbonyl (C=O) groups excluding carboxylic acids is 1. The predicted octanol–water partition coefficient (Wildman–Crippen LogP) is 3.91. The Bertz CT molecular complexity index is 870. The van der Waals surface area contributed by atoms with E-state index in [9.17, 15) is 14.9 Å². The molecule has 1 aromatic heterocycles. The first-order valence-corrected chi connectivity index (χ1v) is 7.20. The maximum Gasteiger partial charge on any atom is 0.271 e. The lowest BCUT2D eigenvalue weighted by atomic mass is 10.0. The molecule has 21 heavy (non-hydrogen) atoms. The molecule has 0 aliphatic heterocycles. The van der Waals surface area contributed by atoms with Crippen molar-refractivity contribution in [3.63, 3.8) is 0 Å². The Hall–Kier alpha value is -2.22. The van der Waals surface area contributed by atoms with Crippen molar-refractivity contribution in [3.05, 3.63) is 73.5 Å². The quantitative estimate of drug-likeness (QED) is 0.318. The van der Waals surface area contributed by atoms with Crippen LogP contribution >= 0.6 is 22.6 Å². The molecule has 2 aromatic carbocycles. The Balaban J connectivity index is 2.11. The van der Waals surface area contributed by atoms with Crippen LogP contribution in [0.5, 0.6) is 0 Å². The van der Waals surface area contributed by atoms with Gasteiger partial charge in [-0.1, -0.05) is 12.1 Å². The zero-order chi connectivity index (χ0) is 15.0. The molecule has 5 nitrogen and oxygen atoms in total. The first-order chi connectivity index (χ1) is 10.1. The number of nitro groups is 1. The molecule has 0 atom stereocenters. The zero-order valence-electron chi connectivity index (χ0n) is 10.7. The Labute approximate surface area is 133 Å². The van der Waals surface area contributed by atoms with Crippen LogP contribution in [0.15, 0.2) is 48.7 Å². The maximum absolute atomic E-state index is 12.6. The second-order valence-electron chi connectivity index (χ2n) is 4.50. The molecule has 0 saturated heterocycles. The monoisotopic (exact) mass is 392 g/mol. The largest absolute Gasteiger partial charge is 0.360 e. The van der Waals surface area contributed by atoms with Gasteiger partial charge in [-0.25, -0.2) is 0 Å². The molecular formula is C15H9IN2O3. The third-order valence-electron chi connectivity index (χ3n) is 3.24. The number of nitrogens with zero attached hydrogens (tertiary/aromatic N) is 1. The van der Waals surface area contributed by atoms with Crippen molar-refractivity contribution in [1.82, 2.24) is 4.98 Å². The molecule has 0 saturated carbocycles. The normalized spacial score (nSPS) is 10.7. The number of carbonyl (C=O) groups is 1. The fourth-order valence-electron chi connectivity index (χ4n) is 2.21. The zero-order valence-corrected chi connectivity index (χ0v) is 12.8. The van der Waals surface area contributed by atoms with Gasteiger partial charge in [-0.15, -0.1) is 0 Å². The molecule has 104 valence electrons. The SMILES string of the molecule is O=C(c1ccccc1I)c1c[nH]c2cc([N+](=O)[O-])ccc12. The van der Waals surface area contributed by atoms with Crippen molar-refractivity contribution >= 4 is 45.0 Å². The number of rotatable bonds is 3. The summed E-state index contributed by atoms with van der Waals surface area (Å²) < 4.78 is 0.872. The van der Waals surface area contributed by atoms with Crippen LogP contribution in [0, 0.1) is 13.7 Å². The average Bonchev–Trinajstić information content (AvgIpc) is 2.90. The number of benzene rings is 2. The minimum absolute atomic E-state index is 0.00218. The second-order valence-corrected chi connectivity index (χ2v) is 5.66. The third-order valence-corrected chi connectivity index (χ3v) is 4.18. The Morgan fingerprint density at radius 1 is 1.14 bits per heavy atom. The average molecular weight is 392 g/mol. The molecule has 0 aliphatic carbocycles. The number of hydrogen-bond donors (Lipinski definition) is 1. The highest BCUT2D eigenvalue weighted by Crippen LogP contribution is 2.26. The summed E-state index contributed by atoms with van der Waals surface area (Å²) in [6.45, 7) is 0. The number of ketones is 1. The van der Waals surface area contributed by atoms with Gasteiger partial charge >= 0.3 is 0 Å². The van der Waals surface area contributed by atoms with Gasteiger partial charge in [-0.2, -0.15) is 0 Å². The molecule has 0 radical (unpaired) electrons. The molecule has 3 rings (SSSR count). The summed E-state index contributed by atoms with van der Waals surface area (Å²) in [6.07, 6.45) is 1.60. The number of halogens is 1. The van der Waals surface area contributed by atoms with Gasteiger partial charge in [0, 0.05) is 38.4 Å². The highest BCUT2D eigenvalue weighted by Gasteiger charge is 2.17. The van der Waals surface area contributed by atoms with Crippen LogP contribution in [-0.2, 0) is 0 Å². The molecule has 0 unspecified atom stereocenters. The van der Waals surface area contributed by atoms with E-state index < -0.39 is 4.92 Å². The van der Waals surface area contributed by atoms with Gasteiger partial charge < -0.3 is 4.98 Å². The van der Waals surface area contributed by atoms with Gasteiger partial charge in [0.25, 0.3) is 5.69 Å². The summed E-state index contributed by atoms with van der Waals surface area (Å²) >= 11 is 2.12. The molecule has 0 aliphatic rings. The molecule has 3 aromatic rings. The van der Waals surface area contributed by atoms with Crippen LogP contribution in [-0.4, -0.2) is 15.7 Å². The number of nitrogens with one attached hydrogen (secondary N) is 1. The summed E-state index contributed by atoms with van der Waals surface area (Å²) in [5, 5.41) is 11.5. The Morgan fingerprint density at radius 2 is 1.90 bits per heavy atom. The molecule has 0 fully saturated rings. The van der Waals surface area contributed by atoms with Gasteiger partial charge in [-0.05, 0) is 40.8 Å². The smallest absolute Gasteiger partial charge is 0.271 e. The number of aromatic nitrogens is 1.